The fourth-order valence-corrected chi connectivity index (χ4v) is 1.90. The Morgan fingerprint density at radius 2 is 2.07 bits per heavy atom. The number of methoxy groups -OCH3 is 2. The second-order valence-electron chi connectivity index (χ2n) is 2.62. The highest BCUT2D eigenvalue weighted by molar-refractivity contribution is 14.1. The van der Waals surface area contributed by atoms with Crippen molar-refractivity contribution < 1.29 is 9.47 Å². The first-order chi connectivity index (χ1) is 6.72. The Morgan fingerprint density at radius 3 is 2.57 bits per heavy atom. The molecule has 0 atom stereocenters. The van der Waals surface area contributed by atoms with Gasteiger partial charge < -0.3 is 9.47 Å². The minimum absolute atomic E-state index is 0.353. The summed E-state index contributed by atoms with van der Waals surface area (Å²) in [5.74, 6) is 1.45. The van der Waals surface area contributed by atoms with Gasteiger partial charge in [-0.2, -0.15) is 5.26 Å². The van der Waals surface area contributed by atoms with Gasteiger partial charge in [0.25, 0.3) is 0 Å². The predicted octanol–water partition coefficient (Wildman–Crippen LogP) is 2.37. The molecule has 0 N–H and O–H groups in total. The maximum absolute atomic E-state index is 8.65. The van der Waals surface area contributed by atoms with Crippen LogP contribution in [0.1, 0.15) is 5.56 Å². The Bertz CT molecular complexity index is 371. The van der Waals surface area contributed by atoms with Gasteiger partial charge >= 0.3 is 0 Å². The van der Waals surface area contributed by atoms with Gasteiger partial charge in [0.1, 0.15) is 11.5 Å². The zero-order valence-electron chi connectivity index (χ0n) is 8.00. The van der Waals surface area contributed by atoms with Crippen LogP contribution in [0.15, 0.2) is 12.1 Å². The van der Waals surface area contributed by atoms with Crippen molar-refractivity contribution in [2.45, 2.75) is 6.42 Å². The monoisotopic (exact) mass is 303 g/mol. The van der Waals surface area contributed by atoms with E-state index in [1.807, 2.05) is 6.07 Å². The van der Waals surface area contributed by atoms with Gasteiger partial charge in [-0.3, -0.25) is 0 Å². The van der Waals surface area contributed by atoms with E-state index in [1.165, 1.54) is 0 Å². The van der Waals surface area contributed by atoms with Crippen LogP contribution >= 0.6 is 22.6 Å². The molecule has 0 aliphatic heterocycles. The lowest BCUT2D eigenvalue weighted by Gasteiger charge is -2.10. The van der Waals surface area contributed by atoms with Crippen molar-refractivity contribution >= 4 is 22.6 Å². The summed E-state index contributed by atoms with van der Waals surface area (Å²) in [6.45, 7) is 0. The van der Waals surface area contributed by atoms with E-state index >= 15 is 0 Å². The number of hydrogen-bond donors (Lipinski definition) is 0. The Morgan fingerprint density at radius 1 is 1.36 bits per heavy atom. The minimum atomic E-state index is 0.353. The number of ether oxygens (including phenoxy) is 2. The molecule has 0 fully saturated rings. The van der Waals surface area contributed by atoms with E-state index in [9.17, 15) is 0 Å². The second-order valence-corrected chi connectivity index (χ2v) is 3.79. The van der Waals surface area contributed by atoms with E-state index in [0.717, 1.165) is 14.9 Å². The van der Waals surface area contributed by atoms with Crippen LogP contribution in [0.3, 0.4) is 0 Å². The number of nitrogens with zero attached hydrogens (tertiary/aromatic N) is 1. The van der Waals surface area contributed by atoms with Crippen LogP contribution in [0, 0.1) is 14.9 Å². The molecule has 1 aromatic rings. The van der Waals surface area contributed by atoms with Crippen LogP contribution in [0.4, 0.5) is 0 Å². The number of halogens is 1. The van der Waals surface area contributed by atoms with Crippen LogP contribution < -0.4 is 9.47 Å². The number of nitriles is 1. The maximum atomic E-state index is 8.65. The number of hydrogen-bond acceptors (Lipinski definition) is 3. The van der Waals surface area contributed by atoms with Crippen molar-refractivity contribution in [3.05, 3.63) is 21.3 Å². The second kappa shape index (κ2) is 5.05. The van der Waals surface area contributed by atoms with Crippen LogP contribution in [0.25, 0.3) is 0 Å². The summed E-state index contributed by atoms with van der Waals surface area (Å²) in [5, 5.41) is 8.65. The summed E-state index contributed by atoms with van der Waals surface area (Å²) >= 11 is 2.17. The largest absolute Gasteiger partial charge is 0.497 e. The smallest absolute Gasteiger partial charge is 0.127 e. The molecule has 0 aliphatic carbocycles. The third-order valence-electron chi connectivity index (χ3n) is 1.84. The van der Waals surface area contributed by atoms with Gasteiger partial charge in [-0.1, -0.05) is 0 Å². The number of rotatable bonds is 3. The summed E-state index contributed by atoms with van der Waals surface area (Å²) in [6, 6.07) is 5.78. The molecule has 0 saturated carbocycles. The highest BCUT2D eigenvalue weighted by atomic mass is 127. The summed E-state index contributed by atoms with van der Waals surface area (Å²) in [7, 11) is 3.19. The van der Waals surface area contributed by atoms with Gasteiger partial charge in [-0.25, -0.2) is 0 Å². The van der Waals surface area contributed by atoms with E-state index in [0.29, 0.717) is 12.2 Å². The first-order valence-corrected chi connectivity index (χ1v) is 5.08. The quantitative estimate of drug-likeness (QED) is 0.805. The molecule has 3 nitrogen and oxygen atoms in total. The SMILES string of the molecule is COc1cc(I)c(CC#N)c(OC)c1. The molecule has 0 radical (unpaired) electrons. The third kappa shape index (κ3) is 2.29. The molecule has 4 heteroatoms. The van der Waals surface area contributed by atoms with Gasteiger partial charge in [0.2, 0.25) is 0 Å². The fourth-order valence-electron chi connectivity index (χ4n) is 1.14. The van der Waals surface area contributed by atoms with Gasteiger partial charge in [-0.15, -0.1) is 0 Å². The predicted molar refractivity (Wildman–Crippen MR) is 61.6 cm³/mol. The van der Waals surface area contributed by atoms with Crippen molar-refractivity contribution in [3.63, 3.8) is 0 Å². The Kier molecular flexibility index (Phi) is 4.01. The standard InChI is InChI=1S/C10H10INO2/c1-13-7-5-9(11)8(3-4-12)10(6-7)14-2/h5-6H,3H2,1-2H3. The molecular formula is C10H10INO2. The Balaban J connectivity index is 3.21. The van der Waals surface area contributed by atoms with Crippen LogP contribution in [-0.2, 0) is 6.42 Å². The molecule has 74 valence electrons. The lowest BCUT2D eigenvalue weighted by atomic mass is 10.1. The van der Waals surface area contributed by atoms with E-state index in [4.69, 9.17) is 14.7 Å². The zero-order chi connectivity index (χ0) is 10.6. The minimum Gasteiger partial charge on any atom is -0.497 e. The van der Waals surface area contributed by atoms with Gasteiger partial charge in [0, 0.05) is 15.2 Å². The fraction of sp³-hybridized carbons (Fsp3) is 0.300. The number of benzene rings is 1. The average molecular weight is 303 g/mol. The first kappa shape index (κ1) is 11.1. The first-order valence-electron chi connectivity index (χ1n) is 4.00. The van der Waals surface area contributed by atoms with Gasteiger partial charge in [-0.05, 0) is 28.7 Å². The Labute approximate surface area is 96.8 Å². The van der Waals surface area contributed by atoms with Crippen molar-refractivity contribution in [2.75, 3.05) is 14.2 Å². The van der Waals surface area contributed by atoms with Crippen molar-refractivity contribution in [2.24, 2.45) is 0 Å². The van der Waals surface area contributed by atoms with E-state index in [1.54, 1.807) is 20.3 Å². The maximum Gasteiger partial charge on any atom is 0.127 e. The van der Waals surface area contributed by atoms with E-state index < -0.39 is 0 Å². The summed E-state index contributed by atoms with van der Waals surface area (Å²) in [5.41, 5.74) is 0.913. The van der Waals surface area contributed by atoms with Crippen LogP contribution in [-0.4, -0.2) is 14.2 Å². The normalized spacial score (nSPS) is 9.29. The molecule has 0 unspecified atom stereocenters. The molecule has 1 aromatic carbocycles. The summed E-state index contributed by atoms with van der Waals surface area (Å²) in [6.07, 6.45) is 0.353. The molecule has 0 amide bonds. The average Bonchev–Trinajstić information content (AvgIpc) is 2.20. The highest BCUT2D eigenvalue weighted by Gasteiger charge is 2.09. The molecule has 0 aromatic heterocycles. The molecular weight excluding hydrogens is 293 g/mol. The topological polar surface area (TPSA) is 42.2 Å². The molecule has 14 heavy (non-hydrogen) atoms. The lowest BCUT2D eigenvalue weighted by molar-refractivity contribution is 0.391. The molecule has 0 aliphatic rings. The third-order valence-corrected chi connectivity index (χ3v) is 2.80. The molecule has 1 rings (SSSR count). The van der Waals surface area contributed by atoms with Gasteiger partial charge in [0.05, 0.1) is 26.7 Å². The zero-order valence-corrected chi connectivity index (χ0v) is 10.2. The lowest BCUT2D eigenvalue weighted by Crippen LogP contribution is -1.96. The van der Waals surface area contributed by atoms with E-state index in [2.05, 4.69) is 28.7 Å². The molecule has 0 bridgehead atoms. The van der Waals surface area contributed by atoms with Crippen LogP contribution in [0.2, 0.25) is 0 Å². The summed E-state index contributed by atoms with van der Waals surface area (Å²) < 4.78 is 11.3. The van der Waals surface area contributed by atoms with Crippen molar-refractivity contribution in [3.8, 4) is 17.6 Å². The highest BCUT2D eigenvalue weighted by Crippen LogP contribution is 2.29. The summed E-state index contributed by atoms with van der Waals surface area (Å²) in [4.78, 5) is 0. The van der Waals surface area contributed by atoms with Gasteiger partial charge in [0.15, 0.2) is 0 Å². The van der Waals surface area contributed by atoms with E-state index in [-0.39, 0.29) is 0 Å². The van der Waals surface area contributed by atoms with Crippen molar-refractivity contribution in [1.29, 1.82) is 5.26 Å². The molecule has 0 heterocycles. The van der Waals surface area contributed by atoms with Crippen LogP contribution in [0.5, 0.6) is 11.5 Å². The molecule has 0 spiro atoms. The molecule has 0 saturated heterocycles. The van der Waals surface area contributed by atoms with Crippen molar-refractivity contribution in [1.82, 2.24) is 0 Å². The Hall–Kier alpha value is -0.960.